The van der Waals surface area contributed by atoms with Gasteiger partial charge in [0.05, 0.1) is 16.1 Å². The summed E-state index contributed by atoms with van der Waals surface area (Å²) in [6.45, 7) is 1.36. The van der Waals surface area contributed by atoms with Crippen molar-refractivity contribution < 1.29 is 27.1 Å². The molecule has 0 aliphatic heterocycles. The number of ketones is 1. The van der Waals surface area contributed by atoms with Gasteiger partial charge >= 0.3 is 5.97 Å². The zero-order valence-corrected chi connectivity index (χ0v) is 17.5. The smallest absolute Gasteiger partial charge is 0.338 e. The number of carbonyl (C=O) groups is 2. The summed E-state index contributed by atoms with van der Waals surface area (Å²) in [7, 11) is -3.92. The number of nitrogens with zero attached hydrogens (tertiary/aromatic N) is 1. The lowest BCUT2D eigenvalue weighted by Crippen LogP contribution is -2.30. The minimum absolute atomic E-state index is 0.00269. The van der Waals surface area contributed by atoms with Crippen molar-refractivity contribution in [1.82, 2.24) is 0 Å². The highest BCUT2D eigenvalue weighted by Crippen LogP contribution is 2.24. The van der Waals surface area contributed by atoms with Crippen LogP contribution in [0.2, 0.25) is 0 Å². The molecule has 0 fully saturated rings. The van der Waals surface area contributed by atoms with Gasteiger partial charge in [-0.1, -0.05) is 24.3 Å². The maximum absolute atomic E-state index is 13.1. The van der Waals surface area contributed by atoms with Gasteiger partial charge in [-0.25, -0.2) is 17.6 Å². The molecule has 3 rings (SSSR count). The van der Waals surface area contributed by atoms with Gasteiger partial charge in [0.25, 0.3) is 10.0 Å². The summed E-state index contributed by atoms with van der Waals surface area (Å²) in [5.41, 5.74) is 0.701. The number of esters is 1. The zero-order valence-electron chi connectivity index (χ0n) is 16.7. The summed E-state index contributed by atoms with van der Waals surface area (Å²) in [4.78, 5) is 24.4. The number of benzene rings is 3. The molecule has 31 heavy (non-hydrogen) atoms. The van der Waals surface area contributed by atoms with Gasteiger partial charge in [-0.3, -0.25) is 9.10 Å². The van der Waals surface area contributed by atoms with E-state index >= 15 is 0 Å². The number of carbonyl (C=O) groups excluding carboxylic acids is 2. The summed E-state index contributed by atoms with van der Waals surface area (Å²) < 4.78 is 45.4. The van der Waals surface area contributed by atoms with Crippen molar-refractivity contribution in [2.75, 3.05) is 17.5 Å². The lowest BCUT2D eigenvalue weighted by atomic mass is 10.1. The molecule has 3 aromatic rings. The van der Waals surface area contributed by atoms with Crippen molar-refractivity contribution >= 4 is 27.5 Å². The Morgan fingerprint density at radius 1 is 0.903 bits per heavy atom. The molecule has 0 amide bonds. The van der Waals surface area contributed by atoms with E-state index in [1.807, 2.05) is 0 Å². The van der Waals surface area contributed by atoms with Gasteiger partial charge in [-0.05, 0) is 61.5 Å². The van der Waals surface area contributed by atoms with Crippen molar-refractivity contribution in [3.05, 3.63) is 95.8 Å². The van der Waals surface area contributed by atoms with E-state index in [-0.39, 0.29) is 22.6 Å². The molecule has 0 aliphatic carbocycles. The van der Waals surface area contributed by atoms with E-state index in [1.165, 1.54) is 40.7 Å². The lowest BCUT2D eigenvalue weighted by Gasteiger charge is -2.23. The van der Waals surface area contributed by atoms with Crippen molar-refractivity contribution in [2.45, 2.75) is 11.8 Å². The maximum atomic E-state index is 13.1. The molecule has 0 N–H and O–H groups in total. The number of Topliss-reactive ketones (excluding diaryl/α,β-unsaturated/α-hetero) is 1. The molecule has 0 saturated heterocycles. The van der Waals surface area contributed by atoms with Gasteiger partial charge in [-0.15, -0.1) is 0 Å². The normalized spacial score (nSPS) is 11.0. The van der Waals surface area contributed by atoms with Gasteiger partial charge in [0, 0.05) is 12.1 Å². The monoisotopic (exact) mass is 441 g/mol. The van der Waals surface area contributed by atoms with E-state index < -0.39 is 34.2 Å². The third-order valence-corrected chi connectivity index (χ3v) is 6.39. The van der Waals surface area contributed by atoms with E-state index in [0.717, 1.165) is 12.1 Å². The molecule has 0 spiro atoms. The summed E-state index contributed by atoms with van der Waals surface area (Å²) in [5.74, 6) is -1.82. The van der Waals surface area contributed by atoms with E-state index in [4.69, 9.17) is 4.74 Å². The van der Waals surface area contributed by atoms with E-state index in [9.17, 15) is 22.4 Å². The first-order valence-electron chi connectivity index (χ1n) is 9.46. The first-order chi connectivity index (χ1) is 14.8. The van der Waals surface area contributed by atoms with Crippen LogP contribution < -0.4 is 4.31 Å². The molecule has 0 saturated carbocycles. The number of rotatable bonds is 8. The first kappa shape index (κ1) is 22.2. The van der Waals surface area contributed by atoms with E-state index in [2.05, 4.69) is 0 Å². The minimum Gasteiger partial charge on any atom is -0.454 e. The number of hydrogen-bond acceptors (Lipinski definition) is 5. The summed E-state index contributed by atoms with van der Waals surface area (Å²) in [6.07, 6.45) is 0. The fraction of sp³-hybridized carbons (Fsp3) is 0.130. The van der Waals surface area contributed by atoms with Crippen LogP contribution in [0.1, 0.15) is 27.6 Å². The Kier molecular flexibility index (Phi) is 6.81. The first-order valence-corrected chi connectivity index (χ1v) is 10.9. The molecule has 8 heteroatoms. The molecule has 0 heterocycles. The predicted molar refractivity (Wildman–Crippen MR) is 114 cm³/mol. The molecule has 160 valence electrons. The second-order valence-electron chi connectivity index (χ2n) is 6.54. The van der Waals surface area contributed by atoms with E-state index in [0.29, 0.717) is 5.69 Å². The number of para-hydroxylation sites is 1. The van der Waals surface area contributed by atoms with Gasteiger partial charge in [0.15, 0.2) is 12.4 Å². The number of ether oxygens (including phenoxy) is 1. The van der Waals surface area contributed by atoms with Crippen LogP contribution in [0.15, 0.2) is 83.8 Å². The predicted octanol–water partition coefficient (Wildman–Crippen LogP) is 4.08. The average Bonchev–Trinajstić information content (AvgIpc) is 2.79. The van der Waals surface area contributed by atoms with E-state index in [1.54, 1.807) is 37.3 Å². The molecule has 0 radical (unpaired) electrons. The zero-order chi connectivity index (χ0) is 22.4. The van der Waals surface area contributed by atoms with Crippen LogP contribution in [-0.4, -0.2) is 33.3 Å². The number of hydrogen-bond donors (Lipinski definition) is 0. The standard InChI is InChI=1S/C23H20FNO5S/c1-2-25(20-8-4-3-5-9-20)31(28,29)21-10-6-7-18(15-21)23(27)30-16-22(26)17-11-13-19(24)14-12-17/h3-15H,2,16H2,1H3. The Hall–Kier alpha value is -3.52. The molecule has 0 bridgehead atoms. The van der Waals surface area contributed by atoms with Crippen LogP contribution >= 0.6 is 0 Å². The molecule has 6 nitrogen and oxygen atoms in total. The van der Waals surface area contributed by atoms with Crippen molar-refractivity contribution in [1.29, 1.82) is 0 Å². The third-order valence-electron chi connectivity index (χ3n) is 4.49. The van der Waals surface area contributed by atoms with Crippen LogP contribution in [0.3, 0.4) is 0 Å². The second-order valence-corrected chi connectivity index (χ2v) is 8.40. The van der Waals surface area contributed by atoms with Crippen LogP contribution in [0, 0.1) is 5.82 Å². The van der Waals surface area contributed by atoms with Gasteiger partial charge in [0.2, 0.25) is 0 Å². The van der Waals surface area contributed by atoms with Gasteiger partial charge in [-0.2, -0.15) is 0 Å². The Balaban J connectivity index is 1.76. The molecule has 3 aromatic carbocycles. The fourth-order valence-electron chi connectivity index (χ4n) is 2.93. The average molecular weight is 441 g/mol. The molecule has 0 aliphatic rings. The number of anilines is 1. The minimum atomic E-state index is -3.92. The lowest BCUT2D eigenvalue weighted by molar-refractivity contribution is 0.0474. The molecule has 0 atom stereocenters. The van der Waals surface area contributed by atoms with Crippen LogP contribution in [-0.2, 0) is 14.8 Å². The van der Waals surface area contributed by atoms with Gasteiger partial charge in [0.1, 0.15) is 5.82 Å². The maximum Gasteiger partial charge on any atom is 0.338 e. The van der Waals surface area contributed by atoms with Crippen LogP contribution in [0.25, 0.3) is 0 Å². The van der Waals surface area contributed by atoms with Crippen molar-refractivity contribution in [3.8, 4) is 0 Å². The van der Waals surface area contributed by atoms with Crippen LogP contribution in [0.5, 0.6) is 0 Å². The summed E-state index contributed by atoms with van der Waals surface area (Å²) in [5, 5.41) is 0. The summed E-state index contributed by atoms with van der Waals surface area (Å²) in [6, 6.07) is 18.9. The Morgan fingerprint density at radius 2 is 1.58 bits per heavy atom. The van der Waals surface area contributed by atoms with Crippen molar-refractivity contribution in [2.24, 2.45) is 0 Å². The Morgan fingerprint density at radius 3 is 2.23 bits per heavy atom. The highest BCUT2D eigenvalue weighted by Gasteiger charge is 2.24. The van der Waals surface area contributed by atoms with Crippen molar-refractivity contribution in [3.63, 3.8) is 0 Å². The highest BCUT2D eigenvalue weighted by molar-refractivity contribution is 7.92. The van der Waals surface area contributed by atoms with Crippen LogP contribution in [0.4, 0.5) is 10.1 Å². The Bertz CT molecular complexity index is 1180. The van der Waals surface area contributed by atoms with Gasteiger partial charge < -0.3 is 4.74 Å². The Labute approximate surface area is 179 Å². The molecule has 0 aromatic heterocycles. The second kappa shape index (κ2) is 9.53. The molecule has 0 unspecified atom stereocenters. The number of sulfonamides is 1. The largest absolute Gasteiger partial charge is 0.454 e. The fourth-order valence-corrected chi connectivity index (χ4v) is 4.45. The summed E-state index contributed by atoms with van der Waals surface area (Å²) >= 11 is 0. The topological polar surface area (TPSA) is 80.8 Å². The third kappa shape index (κ3) is 5.16. The number of halogens is 1. The molecular weight excluding hydrogens is 421 g/mol. The molecular formula is C23H20FNO5S. The highest BCUT2D eigenvalue weighted by atomic mass is 32.2. The quantitative estimate of drug-likeness (QED) is 0.389. The SMILES string of the molecule is CCN(c1ccccc1)S(=O)(=O)c1cccc(C(=O)OCC(=O)c2ccc(F)cc2)c1.